The van der Waals surface area contributed by atoms with Gasteiger partial charge in [-0.1, -0.05) is 121 Å². The second kappa shape index (κ2) is 12.9. The van der Waals surface area contributed by atoms with Crippen LogP contribution in [-0.4, -0.2) is 4.57 Å². The number of fused-ring (bicyclic) bond motifs is 9. The van der Waals surface area contributed by atoms with Crippen molar-refractivity contribution in [3.05, 3.63) is 206 Å². The van der Waals surface area contributed by atoms with E-state index in [1.54, 1.807) is 0 Å². The molecule has 0 unspecified atom stereocenters. The molecule has 0 saturated heterocycles. The van der Waals surface area contributed by atoms with Crippen LogP contribution in [-0.2, 0) is 0 Å². The Morgan fingerprint density at radius 1 is 0.328 bits per heavy atom. The molecule has 3 heterocycles. The lowest BCUT2D eigenvalue weighted by Crippen LogP contribution is -2.10. The van der Waals surface area contributed by atoms with Gasteiger partial charge in [0.15, 0.2) is 0 Å². The topological polar surface area (TPSA) is 34.5 Å². The van der Waals surface area contributed by atoms with E-state index in [-0.39, 0.29) is 0 Å². The monoisotopic (exact) mass is 742 g/mol. The zero-order chi connectivity index (χ0) is 38.2. The molecule has 0 N–H and O–H groups in total. The van der Waals surface area contributed by atoms with E-state index in [4.69, 9.17) is 8.83 Å². The molecule has 0 atom stereocenters. The fourth-order valence-electron chi connectivity index (χ4n) is 8.89. The molecule has 272 valence electrons. The molecule has 4 heteroatoms. The quantitative estimate of drug-likeness (QED) is 0.170. The minimum absolute atomic E-state index is 0.893. The van der Waals surface area contributed by atoms with Crippen molar-refractivity contribution >= 4 is 82.7 Å². The van der Waals surface area contributed by atoms with Crippen LogP contribution in [0.15, 0.2) is 215 Å². The lowest BCUT2D eigenvalue weighted by atomic mass is 10.0. The first-order valence-corrected chi connectivity index (χ1v) is 19.7. The third-order valence-electron chi connectivity index (χ3n) is 11.6. The van der Waals surface area contributed by atoms with E-state index >= 15 is 0 Å². The summed E-state index contributed by atoms with van der Waals surface area (Å²) < 4.78 is 15.0. The number of para-hydroxylation sites is 5. The van der Waals surface area contributed by atoms with Gasteiger partial charge in [-0.3, -0.25) is 0 Å². The van der Waals surface area contributed by atoms with E-state index in [1.165, 1.54) is 21.8 Å². The van der Waals surface area contributed by atoms with Gasteiger partial charge < -0.3 is 18.3 Å². The fourth-order valence-corrected chi connectivity index (χ4v) is 8.89. The first kappa shape index (κ1) is 32.4. The third kappa shape index (κ3) is 5.09. The summed E-state index contributed by atoms with van der Waals surface area (Å²) in [6.07, 6.45) is 0. The van der Waals surface area contributed by atoms with Crippen LogP contribution in [0, 0.1) is 0 Å². The standard InChI is InChI=1S/C54H34N2O2/c1-5-19-49-43(13-1)44-14-2-6-20-50(44)56(49)40-30-28-39(29-31-40)55(38-26-23-35(24-27-38)42-17-10-18-47-45-15-3-8-22-52(45)58-54(42)47)41-12-9-11-36(33-41)37-25-32-53-48(34-37)46-16-4-7-21-51(46)57-53/h1-34H. The molecule has 0 aliphatic heterocycles. The maximum atomic E-state index is 6.43. The second-order valence-corrected chi connectivity index (χ2v) is 14.9. The molecular weight excluding hydrogens is 709 g/mol. The summed E-state index contributed by atoms with van der Waals surface area (Å²) in [6.45, 7) is 0. The highest BCUT2D eigenvalue weighted by molar-refractivity contribution is 6.11. The molecule has 0 amide bonds. The van der Waals surface area contributed by atoms with Crippen molar-refractivity contribution in [3.8, 4) is 27.9 Å². The van der Waals surface area contributed by atoms with Crippen molar-refractivity contribution in [2.24, 2.45) is 0 Å². The predicted molar refractivity (Wildman–Crippen MR) is 241 cm³/mol. The van der Waals surface area contributed by atoms with Crippen LogP contribution in [0.4, 0.5) is 17.1 Å². The normalized spacial score (nSPS) is 11.8. The molecule has 3 aromatic heterocycles. The molecule has 0 saturated carbocycles. The van der Waals surface area contributed by atoms with E-state index in [9.17, 15) is 0 Å². The van der Waals surface area contributed by atoms with Crippen LogP contribution in [0.3, 0.4) is 0 Å². The first-order valence-electron chi connectivity index (χ1n) is 19.7. The molecule has 9 aromatic carbocycles. The number of rotatable bonds is 6. The van der Waals surface area contributed by atoms with Gasteiger partial charge in [-0.05, 0) is 102 Å². The summed E-state index contributed by atoms with van der Waals surface area (Å²) in [5.74, 6) is 0. The lowest BCUT2D eigenvalue weighted by molar-refractivity contribution is 0.669. The lowest BCUT2D eigenvalue weighted by Gasteiger charge is -2.26. The maximum absolute atomic E-state index is 6.43. The number of benzene rings is 9. The Bertz CT molecular complexity index is 3460. The Balaban J connectivity index is 0.987. The number of aromatic nitrogens is 1. The molecule has 58 heavy (non-hydrogen) atoms. The molecule has 4 nitrogen and oxygen atoms in total. The summed E-state index contributed by atoms with van der Waals surface area (Å²) in [5, 5.41) is 7.00. The van der Waals surface area contributed by atoms with Crippen molar-refractivity contribution in [3.63, 3.8) is 0 Å². The molecule has 0 radical (unpaired) electrons. The van der Waals surface area contributed by atoms with Crippen LogP contribution in [0.5, 0.6) is 0 Å². The van der Waals surface area contributed by atoms with Gasteiger partial charge in [-0.25, -0.2) is 0 Å². The largest absolute Gasteiger partial charge is 0.456 e. The van der Waals surface area contributed by atoms with Crippen molar-refractivity contribution in [2.45, 2.75) is 0 Å². The molecule has 0 spiro atoms. The highest BCUT2D eigenvalue weighted by Gasteiger charge is 2.18. The van der Waals surface area contributed by atoms with E-state index in [1.807, 2.05) is 24.3 Å². The van der Waals surface area contributed by atoms with Crippen LogP contribution in [0.25, 0.3) is 93.6 Å². The van der Waals surface area contributed by atoms with Crippen molar-refractivity contribution in [1.82, 2.24) is 4.57 Å². The molecular formula is C54H34N2O2. The molecule has 12 aromatic rings. The number of hydrogen-bond donors (Lipinski definition) is 0. The number of hydrogen-bond acceptors (Lipinski definition) is 3. The Labute approximate surface area is 334 Å². The van der Waals surface area contributed by atoms with Crippen molar-refractivity contribution in [1.29, 1.82) is 0 Å². The van der Waals surface area contributed by atoms with Gasteiger partial charge in [-0.15, -0.1) is 0 Å². The number of nitrogens with zero attached hydrogens (tertiary/aromatic N) is 2. The smallest absolute Gasteiger partial charge is 0.143 e. The van der Waals surface area contributed by atoms with Gasteiger partial charge in [-0.2, -0.15) is 0 Å². The number of anilines is 3. The maximum Gasteiger partial charge on any atom is 0.143 e. The highest BCUT2D eigenvalue weighted by atomic mass is 16.3. The van der Waals surface area contributed by atoms with E-state index < -0.39 is 0 Å². The molecule has 0 aliphatic carbocycles. The Hall–Kier alpha value is -7.82. The molecule has 0 fully saturated rings. The molecule has 0 aliphatic rings. The van der Waals surface area contributed by atoms with Gasteiger partial charge in [0, 0.05) is 60.6 Å². The zero-order valence-electron chi connectivity index (χ0n) is 31.3. The predicted octanol–water partition coefficient (Wildman–Crippen LogP) is 15.4. The minimum Gasteiger partial charge on any atom is -0.456 e. The first-order chi connectivity index (χ1) is 28.7. The average molecular weight is 743 g/mol. The van der Waals surface area contributed by atoms with Gasteiger partial charge >= 0.3 is 0 Å². The molecule has 0 bridgehead atoms. The van der Waals surface area contributed by atoms with Gasteiger partial charge in [0.05, 0.1) is 11.0 Å². The Morgan fingerprint density at radius 3 is 1.59 bits per heavy atom. The SMILES string of the molecule is c1cc(-c2ccc3oc4ccccc4c3c2)cc(N(c2ccc(-c3cccc4c3oc3ccccc34)cc2)c2ccc(-n3c4ccccc4c4ccccc43)cc2)c1. The summed E-state index contributed by atoms with van der Waals surface area (Å²) in [5.41, 5.74) is 14.7. The van der Waals surface area contributed by atoms with Crippen molar-refractivity contribution in [2.75, 3.05) is 4.90 Å². The van der Waals surface area contributed by atoms with E-state index in [0.717, 1.165) is 88.9 Å². The Kier molecular flexibility index (Phi) is 7.20. The highest BCUT2D eigenvalue weighted by Crippen LogP contribution is 2.41. The Morgan fingerprint density at radius 2 is 0.862 bits per heavy atom. The van der Waals surface area contributed by atoms with Crippen LogP contribution >= 0.6 is 0 Å². The summed E-state index contributed by atoms with van der Waals surface area (Å²) >= 11 is 0. The van der Waals surface area contributed by atoms with E-state index in [2.05, 4.69) is 191 Å². The van der Waals surface area contributed by atoms with Crippen LogP contribution in [0.2, 0.25) is 0 Å². The zero-order valence-corrected chi connectivity index (χ0v) is 31.3. The van der Waals surface area contributed by atoms with E-state index in [0.29, 0.717) is 0 Å². The van der Waals surface area contributed by atoms with Gasteiger partial charge in [0.25, 0.3) is 0 Å². The summed E-state index contributed by atoms with van der Waals surface area (Å²) in [4.78, 5) is 2.34. The molecule has 12 rings (SSSR count). The average Bonchev–Trinajstić information content (AvgIpc) is 3.97. The second-order valence-electron chi connectivity index (χ2n) is 14.9. The van der Waals surface area contributed by atoms with Crippen LogP contribution < -0.4 is 4.90 Å². The summed E-state index contributed by atoms with van der Waals surface area (Å²) in [7, 11) is 0. The van der Waals surface area contributed by atoms with Gasteiger partial charge in [0.1, 0.15) is 22.3 Å². The minimum atomic E-state index is 0.893. The summed E-state index contributed by atoms with van der Waals surface area (Å²) in [6, 6.07) is 73.3. The fraction of sp³-hybridized carbons (Fsp3) is 0. The third-order valence-corrected chi connectivity index (χ3v) is 11.6. The van der Waals surface area contributed by atoms with Crippen molar-refractivity contribution < 1.29 is 8.83 Å². The number of furan rings is 2. The van der Waals surface area contributed by atoms with Crippen LogP contribution in [0.1, 0.15) is 0 Å². The van der Waals surface area contributed by atoms with Gasteiger partial charge in [0.2, 0.25) is 0 Å².